The Balaban J connectivity index is 0.000000442. The molecule has 0 fully saturated rings. The van der Waals surface area contributed by atoms with E-state index >= 15 is 0 Å². The molecule has 0 aliphatic heterocycles. The molecule has 0 aliphatic carbocycles. The predicted molar refractivity (Wildman–Crippen MR) is 95.6 cm³/mol. The first-order chi connectivity index (χ1) is 13.5. The molecule has 29 heavy (non-hydrogen) atoms. The third-order valence-corrected chi connectivity index (χ3v) is 2.95. The van der Waals surface area contributed by atoms with Crippen LogP contribution in [0, 0.1) is 0 Å². The Bertz CT molecular complexity index is 731. The van der Waals surface area contributed by atoms with E-state index in [4.69, 9.17) is 51.1 Å². The summed E-state index contributed by atoms with van der Waals surface area (Å²) in [5.41, 5.74) is -0.578. The first-order valence-electron chi connectivity index (χ1n) is 7.64. The minimum Gasteiger partial charge on any atom is -0.504 e. The van der Waals surface area contributed by atoms with Crippen LogP contribution in [0.5, 0.6) is 34.5 Å². The van der Waals surface area contributed by atoms with Gasteiger partial charge in [0.1, 0.15) is 0 Å². The zero-order valence-electron chi connectivity index (χ0n) is 14.7. The monoisotopic (exact) mass is 416 g/mol. The zero-order chi connectivity index (χ0) is 22.7. The van der Waals surface area contributed by atoms with Crippen LogP contribution in [-0.2, 0) is 0 Å². The fourth-order valence-electron chi connectivity index (χ4n) is 1.53. The van der Waals surface area contributed by atoms with E-state index in [1.807, 2.05) is 0 Å². The van der Waals surface area contributed by atoms with E-state index in [-0.39, 0.29) is 24.3 Å². The van der Waals surface area contributed by atoms with Gasteiger partial charge in [-0.05, 0) is 30.7 Å². The number of hydrogen-bond donors (Lipinski definition) is 10. The van der Waals surface area contributed by atoms with Crippen molar-refractivity contribution in [3.63, 3.8) is 0 Å². The number of carboxylic acids is 2. The summed E-state index contributed by atoms with van der Waals surface area (Å²) in [5, 5.41) is 85.7. The SMILES string of the molecule is O=C(O)c1cc(O)c(O)c(O)c1.O=C(O)c1cc(O)c(O)c(O)c1.OCCCO. The molecule has 0 radical (unpaired) electrons. The second-order valence-corrected chi connectivity index (χ2v) is 5.14. The molecule has 0 bridgehead atoms. The smallest absolute Gasteiger partial charge is 0.335 e. The van der Waals surface area contributed by atoms with Crippen LogP contribution >= 0.6 is 0 Å². The minimum atomic E-state index is -1.29. The van der Waals surface area contributed by atoms with Crippen molar-refractivity contribution in [1.29, 1.82) is 0 Å². The third-order valence-electron chi connectivity index (χ3n) is 2.95. The van der Waals surface area contributed by atoms with Crippen molar-refractivity contribution in [1.82, 2.24) is 0 Å². The van der Waals surface area contributed by atoms with Gasteiger partial charge in [0, 0.05) is 13.2 Å². The minimum absolute atomic E-state index is 0.0938. The number of rotatable bonds is 4. The van der Waals surface area contributed by atoms with Gasteiger partial charge in [-0.1, -0.05) is 0 Å². The van der Waals surface area contributed by atoms with Crippen LogP contribution < -0.4 is 0 Å². The number of hydrogen-bond acceptors (Lipinski definition) is 10. The Kier molecular flexibility index (Phi) is 10.2. The van der Waals surface area contributed by atoms with Crippen LogP contribution in [0.3, 0.4) is 0 Å². The maximum atomic E-state index is 10.3. The van der Waals surface area contributed by atoms with Crippen LogP contribution in [0.1, 0.15) is 27.1 Å². The molecule has 2 aromatic carbocycles. The largest absolute Gasteiger partial charge is 0.504 e. The van der Waals surface area contributed by atoms with Crippen LogP contribution in [0.15, 0.2) is 24.3 Å². The Morgan fingerprint density at radius 3 is 0.966 bits per heavy atom. The van der Waals surface area contributed by atoms with Crippen LogP contribution in [0.25, 0.3) is 0 Å². The van der Waals surface area contributed by atoms with E-state index in [0.717, 1.165) is 24.3 Å². The molecule has 0 saturated heterocycles. The maximum absolute atomic E-state index is 10.3. The lowest BCUT2D eigenvalue weighted by Crippen LogP contribution is -1.95. The van der Waals surface area contributed by atoms with Crippen LogP contribution in [-0.4, -0.2) is 76.2 Å². The van der Waals surface area contributed by atoms with E-state index in [1.165, 1.54) is 0 Å². The molecule has 2 rings (SSSR count). The highest BCUT2D eigenvalue weighted by atomic mass is 16.4. The van der Waals surface area contributed by atoms with Gasteiger partial charge in [-0.2, -0.15) is 0 Å². The molecular formula is C17H20O12. The second-order valence-electron chi connectivity index (χ2n) is 5.14. The molecule has 160 valence electrons. The van der Waals surface area contributed by atoms with Gasteiger partial charge in [0.15, 0.2) is 34.5 Å². The number of phenolic OH excluding ortho intramolecular Hbond substituents is 6. The third kappa shape index (κ3) is 8.11. The molecule has 0 atom stereocenters. The molecule has 0 aliphatic rings. The Hall–Kier alpha value is -3.90. The van der Waals surface area contributed by atoms with Crippen LogP contribution in [0.2, 0.25) is 0 Å². The lowest BCUT2D eigenvalue weighted by Gasteiger charge is -2.01. The number of phenols is 6. The summed E-state index contributed by atoms with van der Waals surface area (Å²) in [6.07, 6.45) is 0.500. The lowest BCUT2D eigenvalue weighted by molar-refractivity contribution is 0.0685. The van der Waals surface area contributed by atoms with E-state index in [1.54, 1.807) is 0 Å². The van der Waals surface area contributed by atoms with E-state index in [2.05, 4.69) is 0 Å². The molecule has 0 saturated carbocycles. The summed E-state index contributed by atoms with van der Waals surface area (Å²) >= 11 is 0. The molecule has 12 heteroatoms. The number of carbonyl (C=O) groups is 2. The molecule has 0 spiro atoms. The number of benzene rings is 2. The molecule has 0 aromatic heterocycles. The summed E-state index contributed by atoms with van der Waals surface area (Å²) in [5.74, 6) is -6.67. The van der Waals surface area contributed by atoms with Gasteiger partial charge in [0.2, 0.25) is 0 Å². The summed E-state index contributed by atoms with van der Waals surface area (Å²) < 4.78 is 0. The average molecular weight is 416 g/mol. The molecule has 12 nitrogen and oxygen atoms in total. The quantitative estimate of drug-likeness (QED) is 0.304. The van der Waals surface area contributed by atoms with E-state index in [0.29, 0.717) is 6.42 Å². The summed E-state index contributed by atoms with van der Waals surface area (Å²) in [6.45, 7) is 0.188. The normalized spacial score (nSPS) is 9.45. The highest BCUT2D eigenvalue weighted by Crippen LogP contribution is 2.36. The number of aliphatic hydroxyl groups is 2. The summed E-state index contributed by atoms with van der Waals surface area (Å²) in [7, 11) is 0. The molecule has 10 N–H and O–H groups in total. The van der Waals surface area contributed by atoms with E-state index < -0.39 is 46.4 Å². The lowest BCUT2D eigenvalue weighted by atomic mass is 10.2. The van der Waals surface area contributed by atoms with Gasteiger partial charge in [0.05, 0.1) is 11.1 Å². The van der Waals surface area contributed by atoms with E-state index in [9.17, 15) is 9.59 Å². The van der Waals surface area contributed by atoms with Gasteiger partial charge in [-0.15, -0.1) is 0 Å². The zero-order valence-corrected chi connectivity index (χ0v) is 14.7. The maximum Gasteiger partial charge on any atom is 0.335 e. The van der Waals surface area contributed by atoms with Crippen molar-refractivity contribution in [2.45, 2.75) is 6.42 Å². The fraction of sp³-hybridized carbons (Fsp3) is 0.176. The van der Waals surface area contributed by atoms with Crippen molar-refractivity contribution in [2.24, 2.45) is 0 Å². The average Bonchev–Trinajstić information content (AvgIpc) is 2.64. The topological polar surface area (TPSA) is 236 Å². The van der Waals surface area contributed by atoms with Gasteiger partial charge in [-0.3, -0.25) is 0 Å². The Labute approximate surface area is 163 Å². The number of aromatic carboxylic acids is 2. The predicted octanol–water partition coefficient (Wildman–Crippen LogP) is 0.364. The Morgan fingerprint density at radius 2 is 0.828 bits per heavy atom. The van der Waals surface area contributed by atoms with Crippen LogP contribution in [0.4, 0.5) is 0 Å². The highest BCUT2D eigenvalue weighted by Gasteiger charge is 2.12. The Morgan fingerprint density at radius 1 is 0.586 bits per heavy atom. The summed E-state index contributed by atoms with van der Waals surface area (Å²) in [6, 6.07) is 3.38. The number of carboxylic acid groups (broad SMARTS) is 2. The van der Waals surface area contributed by atoms with Crippen molar-refractivity contribution >= 4 is 11.9 Å². The van der Waals surface area contributed by atoms with Crippen molar-refractivity contribution in [3.05, 3.63) is 35.4 Å². The number of aromatic hydroxyl groups is 6. The van der Waals surface area contributed by atoms with Gasteiger partial charge < -0.3 is 51.1 Å². The standard InChI is InChI=1S/2C7H6O5.C3H8O2/c2*8-4-1-3(7(11)12)2-5(9)6(4)10;4-2-1-3-5/h2*1-2,8-10H,(H,11,12);4-5H,1-3H2. The molecule has 2 aromatic rings. The highest BCUT2D eigenvalue weighted by molar-refractivity contribution is 5.89. The number of aliphatic hydroxyl groups excluding tert-OH is 2. The van der Waals surface area contributed by atoms with Crippen molar-refractivity contribution < 1.29 is 60.7 Å². The first kappa shape index (κ1) is 25.1. The van der Waals surface area contributed by atoms with Gasteiger partial charge in [0.25, 0.3) is 0 Å². The molecule has 0 unspecified atom stereocenters. The fourth-order valence-corrected chi connectivity index (χ4v) is 1.53. The van der Waals surface area contributed by atoms with Crippen molar-refractivity contribution in [2.75, 3.05) is 13.2 Å². The first-order valence-corrected chi connectivity index (χ1v) is 7.64. The molecule has 0 heterocycles. The molecular weight excluding hydrogens is 396 g/mol. The second kappa shape index (κ2) is 11.7. The summed E-state index contributed by atoms with van der Waals surface area (Å²) in [4.78, 5) is 20.6. The van der Waals surface area contributed by atoms with Crippen molar-refractivity contribution in [3.8, 4) is 34.5 Å². The molecule has 0 amide bonds. The van der Waals surface area contributed by atoms with Gasteiger partial charge >= 0.3 is 11.9 Å². The van der Waals surface area contributed by atoms with Gasteiger partial charge in [-0.25, -0.2) is 9.59 Å².